The van der Waals surface area contributed by atoms with Crippen LogP contribution in [0.4, 0.5) is 11.4 Å². The number of nitrogens with zero attached hydrogens (tertiary/aromatic N) is 1. The summed E-state index contributed by atoms with van der Waals surface area (Å²) in [4.78, 5) is 26.5. The van der Waals surface area contributed by atoms with E-state index < -0.39 is 21.8 Å². The van der Waals surface area contributed by atoms with Crippen LogP contribution in [0.3, 0.4) is 0 Å². The van der Waals surface area contributed by atoms with Gasteiger partial charge in [-0.2, -0.15) is 0 Å². The summed E-state index contributed by atoms with van der Waals surface area (Å²) >= 11 is 0. The van der Waals surface area contributed by atoms with Gasteiger partial charge in [-0.05, 0) is 29.8 Å². The third-order valence-corrected chi connectivity index (χ3v) is 5.34. The quantitative estimate of drug-likeness (QED) is 0.604. The molecule has 0 radical (unpaired) electrons. The Bertz CT molecular complexity index is 986. The highest BCUT2D eigenvalue weighted by Gasteiger charge is 2.19. The molecule has 1 aliphatic heterocycles. The molecule has 1 aliphatic rings. The minimum atomic E-state index is -3.78. The van der Waals surface area contributed by atoms with Gasteiger partial charge in [-0.15, -0.1) is 0 Å². The van der Waals surface area contributed by atoms with Crippen molar-refractivity contribution < 1.29 is 22.7 Å². The first-order valence-electron chi connectivity index (χ1n) is 8.97. The van der Waals surface area contributed by atoms with Crippen LogP contribution in [0.1, 0.15) is 5.56 Å². The predicted molar refractivity (Wildman–Crippen MR) is 108 cm³/mol. The van der Waals surface area contributed by atoms with Gasteiger partial charge in [-0.25, -0.2) is 13.6 Å². The third kappa shape index (κ3) is 5.53. The number of nitrogens with one attached hydrogen (secondary N) is 2. The van der Waals surface area contributed by atoms with Crippen molar-refractivity contribution in [1.29, 1.82) is 0 Å². The van der Waals surface area contributed by atoms with Crippen LogP contribution >= 0.6 is 0 Å². The van der Waals surface area contributed by atoms with Gasteiger partial charge >= 0.3 is 11.8 Å². The number of carbonyl (C=O) groups excluding carboxylic acids is 2. The van der Waals surface area contributed by atoms with E-state index >= 15 is 0 Å². The minimum Gasteiger partial charge on any atom is -0.378 e. The molecule has 0 unspecified atom stereocenters. The number of amides is 2. The first kappa shape index (κ1) is 20.8. The lowest BCUT2D eigenvalue weighted by Gasteiger charge is -2.30. The maximum Gasteiger partial charge on any atom is 0.313 e. The Kier molecular flexibility index (Phi) is 6.47. The fourth-order valence-electron chi connectivity index (χ4n) is 2.90. The number of hydrogen-bond donors (Lipinski definition) is 3. The number of rotatable bonds is 5. The summed E-state index contributed by atoms with van der Waals surface area (Å²) in [5.74, 6) is -1.58. The summed E-state index contributed by atoms with van der Waals surface area (Å²) in [5, 5.41) is 10.2. The second kappa shape index (κ2) is 9.03. The first-order valence-corrected chi connectivity index (χ1v) is 10.5. The Labute approximate surface area is 168 Å². The normalized spacial score (nSPS) is 14.3. The fraction of sp³-hybridized carbons (Fsp3) is 0.263. The van der Waals surface area contributed by atoms with Gasteiger partial charge in [0, 0.05) is 19.6 Å². The zero-order valence-electron chi connectivity index (χ0n) is 15.6. The van der Waals surface area contributed by atoms with Crippen molar-refractivity contribution in [2.24, 2.45) is 5.14 Å². The summed E-state index contributed by atoms with van der Waals surface area (Å²) in [6.45, 7) is 2.68. The van der Waals surface area contributed by atoms with E-state index in [1.165, 1.54) is 24.3 Å². The Morgan fingerprint density at radius 3 is 2.31 bits per heavy atom. The number of carbonyl (C=O) groups is 2. The minimum absolute atomic E-state index is 0.0231. The van der Waals surface area contributed by atoms with Crippen LogP contribution in [0.5, 0.6) is 0 Å². The van der Waals surface area contributed by atoms with Gasteiger partial charge in [0.2, 0.25) is 10.0 Å². The molecule has 2 aromatic carbocycles. The van der Waals surface area contributed by atoms with E-state index in [0.29, 0.717) is 37.6 Å². The highest BCUT2D eigenvalue weighted by molar-refractivity contribution is 7.89. The number of anilines is 2. The first-order chi connectivity index (χ1) is 13.8. The van der Waals surface area contributed by atoms with Gasteiger partial charge in [0.15, 0.2) is 0 Å². The van der Waals surface area contributed by atoms with Crippen LogP contribution in [0.25, 0.3) is 0 Å². The van der Waals surface area contributed by atoms with Gasteiger partial charge in [0.25, 0.3) is 0 Å². The van der Waals surface area contributed by atoms with E-state index in [0.717, 1.165) is 5.69 Å². The Morgan fingerprint density at radius 2 is 1.66 bits per heavy atom. The molecule has 0 aromatic heterocycles. The summed E-state index contributed by atoms with van der Waals surface area (Å²) in [6.07, 6.45) is 0. The van der Waals surface area contributed by atoms with Gasteiger partial charge in [0.05, 0.1) is 29.5 Å². The predicted octanol–water partition coefficient (Wildman–Crippen LogP) is 0.425. The van der Waals surface area contributed by atoms with E-state index in [1.54, 1.807) is 12.1 Å². The van der Waals surface area contributed by atoms with Crippen LogP contribution < -0.4 is 20.7 Å². The molecule has 1 fully saturated rings. The lowest BCUT2D eigenvalue weighted by atomic mass is 10.2. The van der Waals surface area contributed by atoms with Gasteiger partial charge in [-0.3, -0.25) is 9.59 Å². The Morgan fingerprint density at radius 1 is 1.00 bits per heavy atom. The molecule has 2 amide bonds. The summed E-state index contributed by atoms with van der Waals surface area (Å²) in [7, 11) is -3.78. The average Bonchev–Trinajstić information content (AvgIpc) is 2.72. The standard InChI is InChI=1S/C19H22N4O5S/c20-29(26,27)15-7-5-14(6-8-15)13-21-18(24)19(25)22-16-3-1-2-4-17(16)23-9-11-28-12-10-23/h1-8H,9-13H2,(H,21,24)(H,22,25)(H2,20,26,27). The van der Waals surface area contributed by atoms with Gasteiger partial charge in [0.1, 0.15) is 0 Å². The molecule has 4 N–H and O–H groups in total. The summed E-state index contributed by atoms with van der Waals surface area (Å²) < 4.78 is 27.9. The van der Waals surface area contributed by atoms with Crippen molar-refractivity contribution in [2.75, 3.05) is 36.5 Å². The molecule has 29 heavy (non-hydrogen) atoms. The monoisotopic (exact) mass is 418 g/mol. The average molecular weight is 418 g/mol. The van der Waals surface area contributed by atoms with Crippen LogP contribution in [0, 0.1) is 0 Å². The SMILES string of the molecule is NS(=O)(=O)c1ccc(CNC(=O)C(=O)Nc2ccccc2N2CCOCC2)cc1. The molecular formula is C19H22N4O5S. The van der Waals surface area contributed by atoms with E-state index in [-0.39, 0.29) is 11.4 Å². The topological polar surface area (TPSA) is 131 Å². The zero-order chi connectivity index (χ0) is 20.9. The second-order valence-electron chi connectivity index (χ2n) is 6.44. The van der Waals surface area contributed by atoms with E-state index in [1.807, 2.05) is 12.1 Å². The van der Waals surface area contributed by atoms with Crippen LogP contribution in [0.2, 0.25) is 0 Å². The number of para-hydroxylation sites is 2. The van der Waals surface area contributed by atoms with Gasteiger partial charge in [-0.1, -0.05) is 24.3 Å². The Balaban J connectivity index is 1.59. The number of hydrogen-bond acceptors (Lipinski definition) is 6. The van der Waals surface area contributed by atoms with Crippen LogP contribution in [0.15, 0.2) is 53.4 Å². The van der Waals surface area contributed by atoms with Crippen molar-refractivity contribution >= 4 is 33.2 Å². The molecule has 0 saturated carbocycles. The lowest BCUT2D eigenvalue weighted by molar-refractivity contribution is -0.136. The highest BCUT2D eigenvalue weighted by Crippen LogP contribution is 2.26. The highest BCUT2D eigenvalue weighted by atomic mass is 32.2. The largest absolute Gasteiger partial charge is 0.378 e. The molecular weight excluding hydrogens is 396 g/mol. The van der Waals surface area contributed by atoms with Gasteiger partial charge < -0.3 is 20.3 Å². The van der Waals surface area contributed by atoms with Crippen LogP contribution in [-0.4, -0.2) is 46.5 Å². The smallest absolute Gasteiger partial charge is 0.313 e. The Hall–Kier alpha value is -2.95. The summed E-state index contributed by atoms with van der Waals surface area (Å²) in [5.41, 5.74) is 2.01. The molecule has 0 atom stereocenters. The lowest BCUT2D eigenvalue weighted by Crippen LogP contribution is -2.38. The number of sulfonamides is 1. The molecule has 0 aliphatic carbocycles. The van der Waals surface area contributed by atoms with Crippen molar-refractivity contribution in [3.63, 3.8) is 0 Å². The van der Waals surface area contributed by atoms with Crippen molar-refractivity contribution in [2.45, 2.75) is 11.4 Å². The summed E-state index contributed by atoms with van der Waals surface area (Å²) in [6, 6.07) is 13.0. The maximum atomic E-state index is 12.3. The van der Waals surface area contributed by atoms with Crippen molar-refractivity contribution in [1.82, 2.24) is 5.32 Å². The van der Waals surface area contributed by atoms with Crippen molar-refractivity contribution in [3.05, 3.63) is 54.1 Å². The maximum absolute atomic E-state index is 12.3. The number of benzene rings is 2. The fourth-order valence-corrected chi connectivity index (χ4v) is 3.41. The van der Waals surface area contributed by atoms with E-state index in [4.69, 9.17) is 9.88 Å². The second-order valence-corrected chi connectivity index (χ2v) is 8.00. The third-order valence-electron chi connectivity index (χ3n) is 4.42. The molecule has 0 bridgehead atoms. The zero-order valence-corrected chi connectivity index (χ0v) is 16.4. The number of primary sulfonamides is 1. The molecule has 0 spiro atoms. The molecule has 2 aromatic rings. The van der Waals surface area contributed by atoms with Crippen molar-refractivity contribution in [3.8, 4) is 0 Å². The molecule has 154 valence electrons. The molecule has 1 heterocycles. The molecule has 1 saturated heterocycles. The number of nitrogens with two attached hydrogens (primary N) is 1. The van der Waals surface area contributed by atoms with E-state index in [2.05, 4.69) is 15.5 Å². The number of ether oxygens (including phenoxy) is 1. The van der Waals surface area contributed by atoms with E-state index in [9.17, 15) is 18.0 Å². The molecule has 9 nitrogen and oxygen atoms in total. The van der Waals surface area contributed by atoms with Crippen LogP contribution in [-0.2, 0) is 30.9 Å². The molecule has 3 rings (SSSR count). The number of morpholine rings is 1. The molecule has 10 heteroatoms.